The summed E-state index contributed by atoms with van der Waals surface area (Å²) in [4.78, 5) is 24.5. The molecule has 0 saturated heterocycles. The molecule has 0 spiro atoms. The predicted molar refractivity (Wildman–Crippen MR) is 108 cm³/mol. The molecule has 1 aliphatic rings. The molecule has 0 aliphatic heterocycles. The monoisotopic (exact) mass is 365 g/mol. The zero-order chi connectivity index (χ0) is 19.2. The summed E-state index contributed by atoms with van der Waals surface area (Å²) in [6, 6.07) is 17.6. The lowest BCUT2D eigenvalue weighted by molar-refractivity contribution is -0.115. The summed E-state index contributed by atoms with van der Waals surface area (Å²) in [5, 5.41) is 9.16. The lowest BCUT2D eigenvalue weighted by atomic mass is 9.96. The quantitative estimate of drug-likeness (QED) is 0.670. The van der Waals surface area contributed by atoms with Gasteiger partial charge in [0.1, 0.15) is 0 Å². The Labute approximate surface area is 160 Å². The van der Waals surface area contributed by atoms with E-state index in [-0.39, 0.29) is 24.4 Å². The van der Waals surface area contributed by atoms with Crippen LogP contribution in [0.2, 0.25) is 0 Å². The number of carbonyl (C=O) groups excluding carboxylic acids is 2. The highest BCUT2D eigenvalue weighted by Crippen LogP contribution is 2.21. The fraction of sp³-hybridized carbons (Fsp3) is 0.364. The molecule has 142 valence electrons. The molecule has 0 heterocycles. The topological polar surface area (TPSA) is 70.2 Å². The molecule has 1 atom stereocenters. The minimum Gasteiger partial charge on any atom is -0.349 e. The zero-order valence-corrected chi connectivity index (χ0v) is 15.9. The van der Waals surface area contributed by atoms with Crippen molar-refractivity contribution < 1.29 is 9.59 Å². The maximum absolute atomic E-state index is 12.4. The van der Waals surface area contributed by atoms with E-state index < -0.39 is 0 Å². The van der Waals surface area contributed by atoms with E-state index in [4.69, 9.17) is 0 Å². The molecule has 5 nitrogen and oxygen atoms in total. The Hall–Kier alpha value is -2.66. The molecule has 2 aromatic carbocycles. The number of hydrogen-bond donors (Lipinski definition) is 3. The van der Waals surface area contributed by atoms with Crippen molar-refractivity contribution in [3.63, 3.8) is 0 Å². The normalized spacial score (nSPS) is 14.6. The van der Waals surface area contributed by atoms with Crippen molar-refractivity contribution in [1.29, 1.82) is 0 Å². The van der Waals surface area contributed by atoms with Gasteiger partial charge in [0.05, 0.1) is 6.54 Å². The number of anilines is 1. The van der Waals surface area contributed by atoms with Crippen molar-refractivity contribution in [2.24, 2.45) is 5.92 Å². The average Bonchev–Trinajstić information content (AvgIpc) is 3.46. The largest absolute Gasteiger partial charge is 0.349 e. The van der Waals surface area contributed by atoms with E-state index in [1.54, 1.807) is 24.3 Å². The molecule has 0 radical (unpaired) electrons. The molecule has 3 rings (SSSR count). The number of rotatable bonds is 8. The number of amides is 2. The van der Waals surface area contributed by atoms with Crippen LogP contribution < -0.4 is 16.0 Å². The van der Waals surface area contributed by atoms with Crippen LogP contribution in [0.1, 0.15) is 48.7 Å². The van der Waals surface area contributed by atoms with Crippen LogP contribution in [0.25, 0.3) is 0 Å². The second-order valence-electron chi connectivity index (χ2n) is 7.39. The van der Waals surface area contributed by atoms with E-state index in [0.717, 1.165) is 12.8 Å². The van der Waals surface area contributed by atoms with E-state index in [2.05, 4.69) is 41.9 Å². The van der Waals surface area contributed by atoms with Gasteiger partial charge in [-0.2, -0.15) is 0 Å². The summed E-state index contributed by atoms with van der Waals surface area (Å²) in [5.41, 5.74) is 2.36. The minimum absolute atomic E-state index is 0.0873. The predicted octanol–water partition coefficient (Wildman–Crippen LogP) is 3.50. The molecule has 27 heavy (non-hydrogen) atoms. The second kappa shape index (κ2) is 8.82. The highest BCUT2D eigenvalue weighted by Gasteiger charge is 2.24. The van der Waals surface area contributed by atoms with Crippen LogP contribution in [0.5, 0.6) is 0 Å². The average molecular weight is 365 g/mol. The first-order valence-electron chi connectivity index (χ1n) is 9.52. The lowest BCUT2D eigenvalue weighted by Crippen LogP contribution is -2.33. The summed E-state index contributed by atoms with van der Waals surface area (Å²) in [7, 11) is 0. The highest BCUT2D eigenvalue weighted by molar-refractivity contribution is 5.97. The van der Waals surface area contributed by atoms with E-state index >= 15 is 0 Å². The standard InChI is InChI=1S/C22H27N3O2/c1-15(2)21(16-7-4-3-5-8-16)23-14-20(26)24-19-10-6-9-17(13-19)22(27)25-18-11-12-18/h3-10,13,15,18,21,23H,11-12,14H2,1-2H3,(H,24,26)(H,25,27)/t21-/m1/s1. The molecule has 3 N–H and O–H groups in total. The molecule has 5 heteroatoms. The minimum atomic E-state index is -0.128. The molecule has 0 bridgehead atoms. The van der Waals surface area contributed by atoms with Crippen molar-refractivity contribution >= 4 is 17.5 Å². The summed E-state index contributed by atoms with van der Waals surface area (Å²) >= 11 is 0. The zero-order valence-electron chi connectivity index (χ0n) is 15.9. The molecule has 2 aromatic rings. The van der Waals surface area contributed by atoms with Crippen LogP contribution >= 0.6 is 0 Å². The van der Waals surface area contributed by atoms with Crippen molar-refractivity contribution in [3.8, 4) is 0 Å². The molecule has 0 aromatic heterocycles. The molecule has 2 amide bonds. The van der Waals surface area contributed by atoms with Crippen LogP contribution in [0, 0.1) is 5.92 Å². The highest BCUT2D eigenvalue weighted by atomic mass is 16.2. The van der Waals surface area contributed by atoms with Gasteiger partial charge >= 0.3 is 0 Å². The van der Waals surface area contributed by atoms with Crippen LogP contribution in [0.15, 0.2) is 54.6 Å². The third-order valence-corrected chi connectivity index (χ3v) is 4.63. The van der Waals surface area contributed by atoms with Crippen molar-refractivity contribution in [2.75, 3.05) is 11.9 Å². The Balaban J connectivity index is 1.56. The molecule has 0 unspecified atom stereocenters. The van der Waals surface area contributed by atoms with Gasteiger partial charge in [0, 0.05) is 23.3 Å². The van der Waals surface area contributed by atoms with E-state index in [9.17, 15) is 9.59 Å². The SMILES string of the molecule is CC(C)[C@@H](NCC(=O)Nc1cccc(C(=O)NC2CC2)c1)c1ccccc1. The summed E-state index contributed by atoms with van der Waals surface area (Å²) in [6.45, 7) is 4.46. The van der Waals surface area contributed by atoms with E-state index in [1.165, 1.54) is 5.56 Å². The Kier molecular flexibility index (Phi) is 6.24. The van der Waals surface area contributed by atoms with Gasteiger partial charge in [-0.25, -0.2) is 0 Å². The van der Waals surface area contributed by atoms with Gasteiger partial charge in [-0.3, -0.25) is 9.59 Å². The van der Waals surface area contributed by atoms with E-state index in [0.29, 0.717) is 23.2 Å². The smallest absolute Gasteiger partial charge is 0.251 e. The molecule has 1 aliphatic carbocycles. The fourth-order valence-corrected chi connectivity index (χ4v) is 3.04. The molecule has 1 fully saturated rings. The first kappa shape index (κ1) is 19.1. The van der Waals surface area contributed by atoms with Gasteiger partial charge in [0.2, 0.25) is 5.91 Å². The third-order valence-electron chi connectivity index (χ3n) is 4.63. The van der Waals surface area contributed by atoms with Crippen LogP contribution in [-0.2, 0) is 4.79 Å². The Morgan fingerprint density at radius 2 is 1.78 bits per heavy atom. The van der Waals surface area contributed by atoms with E-state index in [1.807, 2.05) is 18.2 Å². The number of nitrogens with one attached hydrogen (secondary N) is 3. The summed E-state index contributed by atoms with van der Waals surface area (Å²) in [6.07, 6.45) is 2.10. The second-order valence-corrected chi connectivity index (χ2v) is 7.39. The first-order valence-corrected chi connectivity index (χ1v) is 9.52. The number of hydrogen-bond acceptors (Lipinski definition) is 3. The van der Waals surface area contributed by atoms with Crippen LogP contribution in [0.3, 0.4) is 0 Å². The Bertz CT molecular complexity index is 785. The van der Waals surface area contributed by atoms with Gasteiger partial charge in [0.25, 0.3) is 5.91 Å². The van der Waals surface area contributed by atoms with Gasteiger partial charge in [-0.15, -0.1) is 0 Å². The lowest BCUT2D eigenvalue weighted by Gasteiger charge is -2.22. The van der Waals surface area contributed by atoms with Crippen molar-refractivity contribution in [2.45, 2.75) is 38.8 Å². The first-order chi connectivity index (χ1) is 13.0. The van der Waals surface area contributed by atoms with Gasteiger partial charge < -0.3 is 16.0 Å². The van der Waals surface area contributed by atoms with Gasteiger partial charge in [-0.1, -0.05) is 50.2 Å². The summed E-state index contributed by atoms with van der Waals surface area (Å²) < 4.78 is 0. The molecular formula is C22H27N3O2. The van der Waals surface area contributed by atoms with Gasteiger partial charge in [-0.05, 0) is 42.5 Å². The maximum atomic E-state index is 12.4. The fourth-order valence-electron chi connectivity index (χ4n) is 3.04. The Morgan fingerprint density at radius 3 is 2.44 bits per heavy atom. The van der Waals surface area contributed by atoms with Crippen LogP contribution in [0.4, 0.5) is 5.69 Å². The van der Waals surface area contributed by atoms with Crippen LogP contribution in [-0.4, -0.2) is 24.4 Å². The number of carbonyl (C=O) groups is 2. The molecule has 1 saturated carbocycles. The van der Waals surface area contributed by atoms with Crippen molar-refractivity contribution in [1.82, 2.24) is 10.6 Å². The maximum Gasteiger partial charge on any atom is 0.251 e. The third kappa shape index (κ3) is 5.66. The number of benzene rings is 2. The molecular weight excluding hydrogens is 338 g/mol. The Morgan fingerprint density at radius 1 is 1.04 bits per heavy atom. The van der Waals surface area contributed by atoms with Crippen molar-refractivity contribution in [3.05, 3.63) is 65.7 Å². The summed E-state index contributed by atoms with van der Waals surface area (Å²) in [5.74, 6) is 0.140. The van der Waals surface area contributed by atoms with Gasteiger partial charge in [0.15, 0.2) is 0 Å².